The summed E-state index contributed by atoms with van der Waals surface area (Å²) >= 11 is 3.04. The van der Waals surface area contributed by atoms with E-state index >= 15 is 0 Å². The molecule has 15 heavy (non-hydrogen) atoms. The van der Waals surface area contributed by atoms with Gasteiger partial charge in [0.25, 0.3) is 0 Å². The number of anilines is 1. The highest BCUT2D eigenvalue weighted by Gasteiger charge is 1.95. The van der Waals surface area contributed by atoms with E-state index in [2.05, 4.69) is 15.8 Å². The van der Waals surface area contributed by atoms with Gasteiger partial charge in [0.1, 0.15) is 0 Å². The molecule has 1 aromatic carbocycles. The zero-order valence-corrected chi connectivity index (χ0v) is 10.5. The number of nitrogens with zero attached hydrogens (tertiary/aromatic N) is 1. The minimum Gasteiger partial charge on any atom is -0.379 e. The van der Waals surface area contributed by atoms with E-state index < -0.39 is 0 Å². The summed E-state index contributed by atoms with van der Waals surface area (Å²) in [5.74, 6) is 0. The fraction of sp³-hybridized carbons (Fsp3) is 0.300. The van der Waals surface area contributed by atoms with Crippen molar-refractivity contribution >= 4 is 34.6 Å². The van der Waals surface area contributed by atoms with Crippen LogP contribution in [0.1, 0.15) is 5.56 Å². The van der Waals surface area contributed by atoms with E-state index in [0.717, 1.165) is 11.3 Å². The third kappa shape index (κ3) is 4.48. The Labute approximate surface area is 99.1 Å². The molecule has 0 heterocycles. The Kier molecular flexibility index (Phi) is 5.42. The van der Waals surface area contributed by atoms with Gasteiger partial charge >= 0.3 is 0 Å². The lowest BCUT2D eigenvalue weighted by Gasteiger charge is -2.04. The Hall–Kier alpha value is -0.810. The van der Waals surface area contributed by atoms with Crippen molar-refractivity contribution in [2.75, 3.05) is 17.2 Å². The quantitative estimate of drug-likeness (QED) is 0.483. The minimum atomic E-state index is 0.623. The van der Waals surface area contributed by atoms with Crippen LogP contribution < -0.4 is 10.5 Å². The van der Waals surface area contributed by atoms with Crippen molar-refractivity contribution in [3.63, 3.8) is 0 Å². The van der Waals surface area contributed by atoms with E-state index in [1.807, 2.05) is 30.7 Å². The van der Waals surface area contributed by atoms with Crippen LogP contribution in [0.25, 0.3) is 0 Å². The van der Waals surface area contributed by atoms with Crippen LogP contribution >= 0.6 is 23.7 Å². The average Bonchev–Trinajstić information content (AvgIpc) is 2.27. The van der Waals surface area contributed by atoms with E-state index in [1.165, 1.54) is 11.8 Å². The summed E-state index contributed by atoms with van der Waals surface area (Å²) in [6.07, 6.45) is 3.92. The number of aliphatic imine (C=N–C) groups is 1. The number of nitrogens with two attached hydrogens (primary N) is 1. The molecule has 1 rings (SSSR count). The van der Waals surface area contributed by atoms with Crippen molar-refractivity contribution in [2.45, 2.75) is 6.54 Å². The van der Waals surface area contributed by atoms with Crippen molar-refractivity contribution in [1.82, 2.24) is 0 Å². The molecular formula is C10H15N3S2. The molecular weight excluding hydrogens is 226 g/mol. The maximum atomic E-state index is 5.61. The van der Waals surface area contributed by atoms with Gasteiger partial charge < -0.3 is 10.5 Å². The van der Waals surface area contributed by atoms with E-state index in [4.69, 9.17) is 5.73 Å². The molecule has 0 saturated carbocycles. The first-order chi connectivity index (χ1) is 7.26. The van der Waals surface area contributed by atoms with E-state index in [0.29, 0.717) is 11.7 Å². The first kappa shape index (κ1) is 12.3. The largest absolute Gasteiger partial charge is 0.379 e. The highest BCUT2D eigenvalue weighted by Crippen LogP contribution is 2.14. The van der Waals surface area contributed by atoms with Gasteiger partial charge in [-0.05, 0) is 24.0 Å². The minimum absolute atomic E-state index is 0.623. The molecule has 0 aliphatic rings. The zero-order chi connectivity index (χ0) is 11.1. The molecule has 82 valence electrons. The molecule has 0 unspecified atom stereocenters. The van der Waals surface area contributed by atoms with Crippen molar-refractivity contribution in [2.24, 2.45) is 10.7 Å². The molecule has 0 radical (unpaired) electrons. The number of amidine groups is 1. The Balaban J connectivity index is 2.65. The van der Waals surface area contributed by atoms with Gasteiger partial charge in [-0.1, -0.05) is 35.8 Å². The molecule has 0 saturated heterocycles. The standard InChI is InChI=1S/C10H15N3S2/c1-14-10(11)12-7-8-4-3-5-9(6-8)13-15-2/h3-6,13H,7H2,1-2H3,(H2,11,12). The first-order valence-electron chi connectivity index (χ1n) is 4.48. The lowest BCUT2D eigenvalue weighted by molar-refractivity contribution is 1.07. The maximum absolute atomic E-state index is 5.61. The van der Waals surface area contributed by atoms with Crippen molar-refractivity contribution < 1.29 is 0 Å². The second-order valence-corrected chi connectivity index (χ2v) is 4.30. The molecule has 0 fully saturated rings. The van der Waals surface area contributed by atoms with Crippen LogP contribution in [0.3, 0.4) is 0 Å². The van der Waals surface area contributed by atoms with Gasteiger partial charge in [-0.3, -0.25) is 4.99 Å². The summed E-state index contributed by atoms with van der Waals surface area (Å²) < 4.78 is 3.18. The predicted molar refractivity (Wildman–Crippen MR) is 72.4 cm³/mol. The molecule has 0 amide bonds. The molecule has 0 aliphatic carbocycles. The van der Waals surface area contributed by atoms with Gasteiger partial charge in [-0.25, -0.2) is 0 Å². The average molecular weight is 241 g/mol. The molecule has 3 nitrogen and oxygen atoms in total. The Morgan fingerprint density at radius 1 is 1.47 bits per heavy atom. The number of hydrogen-bond acceptors (Lipinski definition) is 4. The van der Waals surface area contributed by atoms with Crippen molar-refractivity contribution in [3.05, 3.63) is 29.8 Å². The Morgan fingerprint density at radius 3 is 2.93 bits per heavy atom. The number of hydrogen-bond donors (Lipinski definition) is 2. The lowest BCUT2D eigenvalue weighted by Crippen LogP contribution is -2.05. The number of nitrogens with one attached hydrogen (secondary N) is 1. The molecule has 0 bridgehead atoms. The van der Waals surface area contributed by atoms with E-state index in [-0.39, 0.29) is 0 Å². The molecule has 3 N–H and O–H groups in total. The molecule has 5 heteroatoms. The van der Waals surface area contributed by atoms with Crippen LogP contribution in [0, 0.1) is 0 Å². The van der Waals surface area contributed by atoms with Gasteiger partial charge in [0, 0.05) is 11.9 Å². The van der Waals surface area contributed by atoms with Crippen LogP contribution in [0.2, 0.25) is 0 Å². The second kappa shape index (κ2) is 6.63. The smallest absolute Gasteiger partial charge is 0.153 e. The summed E-state index contributed by atoms with van der Waals surface area (Å²) in [6, 6.07) is 8.16. The van der Waals surface area contributed by atoms with Gasteiger partial charge in [-0.2, -0.15) is 0 Å². The normalized spacial score (nSPS) is 11.5. The third-order valence-electron chi connectivity index (χ3n) is 1.77. The lowest BCUT2D eigenvalue weighted by atomic mass is 10.2. The van der Waals surface area contributed by atoms with Crippen molar-refractivity contribution in [1.29, 1.82) is 0 Å². The summed E-state index contributed by atoms with van der Waals surface area (Å²) in [5, 5.41) is 0.623. The maximum Gasteiger partial charge on any atom is 0.153 e. The Morgan fingerprint density at radius 2 is 2.27 bits per heavy atom. The zero-order valence-electron chi connectivity index (χ0n) is 8.86. The highest BCUT2D eigenvalue weighted by atomic mass is 32.2. The highest BCUT2D eigenvalue weighted by molar-refractivity contribution is 8.13. The van der Waals surface area contributed by atoms with Crippen LogP contribution in [0.15, 0.2) is 29.3 Å². The summed E-state index contributed by atoms with van der Waals surface area (Å²) in [7, 11) is 0. The van der Waals surface area contributed by atoms with Gasteiger partial charge in [-0.15, -0.1) is 0 Å². The molecule has 1 aromatic rings. The summed E-state index contributed by atoms with van der Waals surface area (Å²) in [4.78, 5) is 4.24. The number of benzene rings is 1. The monoisotopic (exact) mass is 241 g/mol. The topological polar surface area (TPSA) is 50.4 Å². The van der Waals surface area contributed by atoms with Crippen LogP contribution in [0.4, 0.5) is 5.69 Å². The van der Waals surface area contributed by atoms with E-state index in [9.17, 15) is 0 Å². The van der Waals surface area contributed by atoms with Crippen LogP contribution in [-0.2, 0) is 6.54 Å². The Bertz CT molecular complexity index is 339. The molecule has 0 aromatic heterocycles. The summed E-state index contributed by atoms with van der Waals surface area (Å²) in [5.41, 5.74) is 7.86. The number of rotatable bonds is 4. The fourth-order valence-electron chi connectivity index (χ4n) is 1.08. The van der Waals surface area contributed by atoms with Gasteiger partial charge in [0.2, 0.25) is 0 Å². The SMILES string of the molecule is CSNc1cccc(CN=C(N)SC)c1. The summed E-state index contributed by atoms with van der Waals surface area (Å²) in [6.45, 7) is 0.635. The first-order valence-corrected chi connectivity index (χ1v) is 6.93. The van der Waals surface area contributed by atoms with Crippen molar-refractivity contribution in [3.8, 4) is 0 Å². The van der Waals surface area contributed by atoms with E-state index in [1.54, 1.807) is 11.9 Å². The second-order valence-electron chi connectivity index (χ2n) is 2.87. The van der Waals surface area contributed by atoms with Crippen LogP contribution in [-0.4, -0.2) is 17.7 Å². The van der Waals surface area contributed by atoms with Gasteiger partial charge in [0.15, 0.2) is 5.17 Å². The molecule has 0 atom stereocenters. The number of thioether (sulfide) groups is 1. The van der Waals surface area contributed by atoms with Gasteiger partial charge in [0.05, 0.1) is 6.54 Å². The predicted octanol–water partition coefficient (Wildman–Crippen LogP) is 2.55. The fourth-order valence-corrected chi connectivity index (χ4v) is 1.64. The third-order valence-corrected chi connectivity index (χ3v) is 2.76. The molecule has 0 spiro atoms. The molecule has 0 aliphatic heterocycles. The van der Waals surface area contributed by atoms with Crippen LogP contribution in [0.5, 0.6) is 0 Å².